The van der Waals surface area contributed by atoms with Gasteiger partial charge in [-0.3, -0.25) is 10.8 Å². The van der Waals surface area contributed by atoms with Gasteiger partial charge in [-0.25, -0.2) is 5.43 Å². The molecule has 2 aromatic heterocycles. The molecule has 3 N–H and O–H groups in total. The van der Waals surface area contributed by atoms with Crippen molar-refractivity contribution >= 4 is 21.6 Å². The summed E-state index contributed by atoms with van der Waals surface area (Å²) in [5.74, 6) is 6.50. The van der Waals surface area contributed by atoms with E-state index in [0.717, 1.165) is 29.9 Å². The molecule has 0 radical (unpaired) electrons. The molecular weight excluding hydrogens is 234 g/mol. The molecule has 88 valence electrons. The number of hydrogen-bond acceptors (Lipinski definition) is 5. The minimum Gasteiger partial charge on any atom is -0.496 e. The number of aromatic nitrogens is 1. The van der Waals surface area contributed by atoms with Crippen LogP contribution < -0.4 is 11.3 Å². The fraction of sp³-hybridized carbons (Fsp3) is 0.250. The predicted molar refractivity (Wildman–Crippen MR) is 68.3 cm³/mol. The Balaban J connectivity index is 1.99. The fourth-order valence-corrected chi connectivity index (χ4v) is 2.79. The lowest BCUT2D eigenvalue weighted by molar-refractivity contribution is 0.215. The molecular formula is C12H13N3OS. The van der Waals surface area contributed by atoms with Gasteiger partial charge in [-0.05, 0) is 29.2 Å². The van der Waals surface area contributed by atoms with Crippen molar-refractivity contribution in [1.29, 1.82) is 0 Å². The molecule has 1 atom stereocenters. The summed E-state index contributed by atoms with van der Waals surface area (Å²) in [6.07, 6.45) is 4.87. The normalized spacial score (nSPS) is 16.9. The molecule has 1 unspecified atom stereocenters. The molecule has 0 spiro atoms. The number of thiophene rings is 1. The zero-order valence-corrected chi connectivity index (χ0v) is 10.0. The number of ether oxygens (including phenoxy) is 1. The van der Waals surface area contributed by atoms with Crippen LogP contribution in [0.3, 0.4) is 0 Å². The Kier molecular flexibility index (Phi) is 2.80. The molecule has 0 saturated heterocycles. The Labute approximate surface area is 103 Å². The maximum absolute atomic E-state index is 5.61. The van der Waals surface area contributed by atoms with Gasteiger partial charge < -0.3 is 4.74 Å². The van der Waals surface area contributed by atoms with Crippen LogP contribution in [-0.4, -0.2) is 11.6 Å². The third-order valence-electron chi connectivity index (χ3n) is 2.84. The van der Waals surface area contributed by atoms with Gasteiger partial charge >= 0.3 is 0 Å². The summed E-state index contributed by atoms with van der Waals surface area (Å²) in [7, 11) is 0. The molecule has 3 rings (SSSR count). The Bertz CT molecular complexity index is 564. The summed E-state index contributed by atoms with van der Waals surface area (Å²) in [5.41, 5.74) is 4.85. The van der Waals surface area contributed by atoms with Crippen LogP contribution in [0.15, 0.2) is 35.5 Å². The van der Waals surface area contributed by atoms with E-state index < -0.39 is 0 Å². The third kappa shape index (κ3) is 1.93. The number of fused-ring (bicyclic) bond motifs is 1. The highest BCUT2D eigenvalue weighted by molar-refractivity contribution is 7.17. The van der Waals surface area contributed by atoms with Gasteiger partial charge in [0.15, 0.2) is 0 Å². The van der Waals surface area contributed by atoms with Crippen LogP contribution in [0.2, 0.25) is 0 Å². The molecule has 5 heteroatoms. The number of hydrogen-bond donors (Lipinski definition) is 2. The number of nitrogens with zero attached hydrogens (tertiary/aromatic N) is 1. The Morgan fingerprint density at radius 1 is 1.53 bits per heavy atom. The van der Waals surface area contributed by atoms with Gasteiger partial charge in [-0.1, -0.05) is 0 Å². The van der Waals surface area contributed by atoms with E-state index in [0.29, 0.717) is 0 Å². The zero-order valence-electron chi connectivity index (χ0n) is 9.22. The fourth-order valence-electron chi connectivity index (χ4n) is 2.00. The molecule has 17 heavy (non-hydrogen) atoms. The molecule has 0 aromatic carbocycles. The number of pyridine rings is 1. The maximum atomic E-state index is 5.61. The first-order valence-electron chi connectivity index (χ1n) is 5.50. The largest absolute Gasteiger partial charge is 0.496 e. The molecule has 2 aromatic rings. The van der Waals surface area contributed by atoms with Crippen LogP contribution in [0, 0.1) is 0 Å². The Morgan fingerprint density at radius 2 is 2.47 bits per heavy atom. The zero-order chi connectivity index (χ0) is 11.7. The molecule has 0 aliphatic carbocycles. The lowest BCUT2D eigenvalue weighted by atomic mass is 10.1. The van der Waals surface area contributed by atoms with Gasteiger partial charge in [0.1, 0.15) is 11.8 Å². The second-order valence-corrected chi connectivity index (χ2v) is 4.86. The molecule has 0 saturated carbocycles. The van der Waals surface area contributed by atoms with E-state index in [1.165, 1.54) is 4.70 Å². The summed E-state index contributed by atoms with van der Waals surface area (Å²) < 4.78 is 6.72. The van der Waals surface area contributed by atoms with Gasteiger partial charge in [-0.2, -0.15) is 0 Å². The van der Waals surface area contributed by atoms with Gasteiger partial charge in [0.2, 0.25) is 0 Å². The van der Waals surface area contributed by atoms with Crippen LogP contribution >= 0.6 is 11.3 Å². The molecule has 3 heterocycles. The molecule has 0 fully saturated rings. The van der Waals surface area contributed by atoms with E-state index in [4.69, 9.17) is 10.6 Å². The lowest BCUT2D eigenvalue weighted by Crippen LogP contribution is -2.29. The van der Waals surface area contributed by atoms with E-state index in [-0.39, 0.29) is 6.04 Å². The summed E-state index contributed by atoms with van der Waals surface area (Å²) in [6.45, 7) is 0.738. The second-order valence-electron chi connectivity index (χ2n) is 3.92. The monoisotopic (exact) mass is 247 g/mol. The minimum atomic E-state index is -0.100. The average molecular weight is 247 g/mol. The number of hydrazine groups is 1. The van der Waals surface area contributed by atoms with Gasteiger partial charge in [0.25, 0.3) is 0 Å². The predicted octanol–water partition coefficient (Wildman–Crippen LogP) is 2.10. The van der Waals surface area contributed by atoms with E-state index >= 15 is 0 Å². The topological polar surface area (TPSA) is 60.2 Å². The number of nitrogens with two attached hydrogens (primary N) is 1. The minimum absolute atomic E-state index is 0.100. The van der Waals surface area contributed by atoms with Crippen LogP contribution in [0.4, 0.5) is 0 Å². The van der Waals surface area contributed by atoms with Crippen LogP contribution in [0.1, 0.15) is 18.0 Å². The molecule has 1 aliphatic heterocycles. The molecule has 4 nitrogen and oxygen atoms in total. The van der Waals surface area contributed by atoms with E-state index in [2.05, 4.69) is 22.6 Å². The van der Waals surface area contributed by atoms with Gasteiger partial charge in [0, 0.05) is 12.6 Å². The van der Waals surface area contributed by atoms with Crippen molar-refractivity contribution < 1.29 is 4.74 Å². The first-order valence-corrected chi connectivity index (χ1v) is 6.38. The first-order chi connectivity index (χ1) is 8.38. The van der Waals surface area contributed by atoms with Gasteiger partial charge in [-0.15, -0.1) is 11.3 Å². The van der Waals surface area contributed by atoms with Crippen LogP contribution in [0.5, 0.6) is 0 Å². The van der Waals surface area contributed by atoms with Crippen molar-refractivity contribution in [3.8, 4) is 0 Å². The SMILES string of the molecule is NNC(C1=CCCO1)c1cnc2ccsc2c1. The van der Waals surface area contributed by atoms with Gasteiger partial charge in [0.05, 0.1) is 16.8 Å². The number of nitrogens with one attached hydrogen (secondary N) is 1. The highest BCUT2D eigenvalue weighted by Crippen LogP contribution is 2.28. The third-order valence-corrected chi connectivity index (χ3v) is 3.69. The van der Waals surface area contributed by atoms with Crippen molar-refractivity contribution in [3.05, 3.63) is 41.1 Å². The van der Waals surface area contributed by atoms with Crippen molar-refractivity contribution in [2.24, 2.45) is 5.84 Å². The molecule has 0 amide bonds. The van der Waals surface area contributed by atoms with Crippen molar-refractivity contribution in [2.45, 2.75) is 12.5 Å². The molecule has 0 bridgehead atoms. The summed E-state index contributed by atoms with van der Waals surface area (Å²) >= 11 is 1.68. The smallest absolute Gasteiger partial charge is 0.115 e. The quantitative estimate of drug-likeness (QED) is 0.644. The van der Waals surface area contributed by atoms with E-state index in [1.54, 1.807) is 11.3 Å². The van der Waals surface area contributed by atoms with Crippen molar-refractivity contribution in [1.82, 2.24) is 10.4 Å². The Morgan fingerprint density at radius 3 is 3.24 bits per heavy atom. The van der Waals surface area contributed by atoms with Crippen LogP contribution in [0.25, 0.3) is 10.2 Å². The summed E-state index contributed by atoms with van der Waals surface area (Å²) in [4.78, 5) is 4.41. The molecule has 1 aliphatic rings. The van der Waals surface area contributed by atoms with E-state index in [1.807, 2.05) is 17.6 Å². The highest BCUT2D eigenvalue weighted by atomic mass is 32.1. The van der Waals surface area contributed by atoms with Crippen molar-refractivity contribution in [3.63, 3.8) is 0 Å². The van der Waals surface area contributed by atoms with Crippen molar-refractivity contribution in [2.75, 3.05) is 6.61 Å². The summed E-state index contributed by atoms with van der Waals surface area (Å²) in [5, 5.41) is 2.04. The Hall–Kier alpha value is -1.43. The van der Waals surface area contributed by atoms with E-state index in [9.17, 15) is 0 Å². The second kappa shape index (κ2) is 4.44. The average Bonchev–Trinajstić information content (AvgIpc) is 2.99. The lowest BCUT2D eigenvalue weighted by Gasteiger charge is -2.17. The first kappa shape index (κ1) is 10.7. The standard InChI is InChI=1S/C12H13N3OS/c13-15-12(10-2-1-4-16-10)8-6-11-9(14-7-8)3-5-17-11/h2-3,5-7,12,15H,1,4,13H2. The number of rotatable bonds is 3. The highest BCUT2D eigenvalue weighted by Gasteiger charge is 2.20. The summed E-state index contributed by atoms with van der Waals surface area (Å²) in [6, 6.07) is 4.02. The maximum Gasteiger partial charge on any atom is 0.115 e. The van der Waals surface area contributed by atoms with Crippen LogP contribution in [-0.2, 0) is 4.74 Å².